The van der Waals surface area contributed by atoms with E-state index in [9.17, 15) is 0 Å². The molecular weight excluding hydrogens is 224 g/mol. The van der Waals surface area contributed by atoms with Gasteiger partial charge in [-0.15, -0.1) is 0 Å². The molecule has 1 aromatic heterocycles. The summed E-state index contributed by atoms with van der Waals surface area (Å²) in [6, 6.07) is 5.34. The average Bonchev–Trinajstić information content (AvgIpc) is 2.35. The minimum atomic E-state index is 0.573. The molecule has 18 heavy (non-hydrogen) atoms. The smallest absolute Gasteiger partial charge is 0.0354 e. The molecule has 0 bridgehead atoms. The fourth-order valence-electron chi connectivity index (χ4n) is 2.86. The number of nitrogens with zero attached hydrogens (tertiary/aromatic N) is 3. The average molecular weight is 248 g/mol. The number of rotatable bonds is 4. The van der Waals surface area contributed by atoms with Gasteiger partial charge in [-0.3, -0.25) is 9.88 Å². The second-order valence-electron chi connectivity index (χ2n) is 5.32. The zero-order chi connectivity index (χ0) is 13.0. The van der Waals surface area contributed by atoms with E-state index in [1.165, 1.54) is 5.56 Å². The molecule has 2 atom stereocenters. The summed E-state index contributed by atoms with van der Waals surface area (Å²) in [7, 11) is 4.24. The van der Waals surface area contributed by atoms with Gasteiger partial charge in [0.1, 0.15) is 0 Å². The van der Waals surface area contributed by atoms with Crippen LogP contribution in [-0.4, -0.2) is 60.6 Å². The van der Waals surface area contributed by atoms with E-state index in [0.29, 0.717) is 12.1 Å². The Bertz CT molecular complexity index is 354. The fraction of sp³-hybridized carbons (Fsp3) is 0.643. The van der Waals surface area contributed by atoms with Crippen molar-refractivity contribution in [2.45, 2.75) is 25.6 Å². The van der Waals surface area contributed by atoms with Gasteiger partial charge in [0.25, 0.3) is 0 Å². The molecule has 0 saturated carbocycles. The van der Waals surface area contributed by atoms with Crippen LogP contribution in [0, 0.1) is 0 Å². The van der Waals surface area contributed by atoms with Crippen molar-refractivity contribution in [3.05, 3.63) is 30.1 Å². The second-order valence-corrected chi connectivity index (χ2v) is 5.32. The van der Waals surface area contributed by atoms with Gasteiger partial charge >= 0.3 is 0 Å². The number of piperazine rings is 1. The molecule has 4 heteroatoms. The van der Waals surface area contributed by atoms with Crippen molar-refractivity contribution in [2.75, 3.05) is 33.7 Å². The molecule has 2 heterocycles. The number of aromatic nitrogens is 1. The molecule has 0 radical (unpaired) electrons. The molecular formula is C14H24N4. The zero-order valence-electron chi connectivity index (χ0n) is 11.6. The predicted octanol–water partition coefficient (Wildman–Crippen LogP) is 0.805. The van der Waals surface area contributed by atoms with Crippen LogP contribution in [-0.2, 0) is 6.54 Å². The molecule has 1 aliphatic rings. The van der Waals surface area contributed by atoms with E-state index < -0.39 is 0 Å². The van der Waals surface area contributed by atoms with Gasteiger partial charge in [-0.1, -0.05) is 6.07 Å². The highest BCUT2D eigenvalue weighted by atomic mass is 15.3. The molecule has 0 aromatic carbocycles. The van der Waals surface area contributed by atoms with Gasteiger partial charge in [0.15, 0.2) is 0 Å². The molecule has 0 spiro atoms. The molecule has 1 saturated heterocycles. The molecule has 2 unspecified atom stereocenters. The Labute approximate surface area is 110 Å². The first-order valence-corrected chi connectivity index (χ1v) is 6.68. The van der Waals surface area contributed by atoms with E-state index in [-0.39, 0.29) is 0 Å². The summed E-state index contributed by atoms with van der Waals surface area (Å²) in [5.74, 6) is 0. The summed E-state index contributed by atoms with van der Waals surface area (Å²) in [6.45, 7) is 6.62. The summed E-state index contributed by atoms with van der Waals surface area (Å²) >= 11 is 0. The summed E-state index contributed by atoms with van der Waals surface area (Å²) in [4.78, 5) is 9.22. The van der Waals surface area contributed by atoms with Crippen LogP contribution in [0.3, 0.4) is 0 Å². The highest BCUT2D eigenvalue weighted by Crippen LogP contribution is 2.17. The minimum Gasteiger partial charge on any atom is -0.318 e. The molecule has 0 aliphatic carbocycles. The van der Waals surface area contributed by atoms with Gasteiger partial charge in [0.2, 0.25) is 0 Å². The van der Waals surface area contributed by atoms with Crippen molar-refractivity contribution in [2.24, 2.45) is 0 Å². The Morgan fingerprint density at radius 1 is 1.44 bits per heavy atom. The number of hydrogen-bond acceptors (Lipinski definition) is 4. The normalized spacial score (nSPS) is 26.4. The second kappa shape index (κ2) is 6.27. The van der Waals surface area contributed by atoms with Crippen molar-refractivity contribution in [1.29, 1.82) is 0 Å². The summed E-state index contributed by atoms with van der Waals surface area (Å²) in [6.07, 6.45) is 3.81. The topological polar surface area (TPSA) is 31.4 Å². The Morgan fingerprint density at radius 2 is 2.28 bits per heavy atom. The Morgan fingerprint density at radius 3 is 2.94 bits per heavy atom. The van der Waals surface area contributed by atoms with Crippen LogP contribution < -0.4 is 5.32 Å². The number of nitrogens with one attached hydrogen (secondary N) is 1. The predicted molar refractivity (Wildman–Crippen MR) is 74.5 cm³/mol. The third-order valence-corrected chi connectivity index (χ3v) is 3.66. The van der Waals surface area contributed by atoms with E-state index in [4.69, 9.17) is 0 Å². The van der Waals surface area contributed by atoms with Crippen LogP contribution >= 0.6 is 0 Å². The van der Waals surface area contributed by atoms with Gasteiger partial charge in [0.05, 0.1) is 0 Å². The highest BCUT2D eigenvalue weighted by molar-refractivity contribution is 5.09. The van der Waals surface area contributed by atoms with Crippen LogP contribution in [0.5, 0.6) is 0 Å². The maximum Gasteiger partial charge on any atom is 0.0354 e. The van der Waals surface area contributed by atoms with Crippen LogP contribution in [0.15, 0.2) is 24.5 Å². The van der Waals surface area contributed by atoms with E-state index in [1.54, 1.807) is 0 Å². The van der Waals surface area contributed by atoms with Crippen molar-refractivity contribution >= 4 is 0 Å². The third-order valence-electron chi connectivity index (χ3n) is 3.66. The van der Waals surface area contributed by atoms with E-state index >= 15 is 0 Å². The maximum absolute atomic E-state index is 4.21. The van der Waals surface area contributed by atoms with Crippen LogP contribution in [0.4, 0.5) is 0 Å². The van der Waals surface area contributed by atoms with E-state index in [2.05, 4.69) is 40.1 Å². The quantitative estimate of drug-likeness (QED) is 0.854. The van der Waals surface area contributed by atoms with Crippen molar-refractivity contribution in [3.63, 3.8) is 0 Å². The molecule has 4 nitrogen and oxygen atoms in total. The van der Waals surface area contributed by atoms with Crippen molar-refractivity contribution in [3.8, 4) is 0 Å². The van der Waals surface area contributed by atoms with Crippen LogP contribution in [0.2, 0.25) is 0 Å². The third kappa shape index (κ3) is 3.28. The summed E-state index contributed by atoms with van der Waals surface area (Å²) in [5, 5.41) is 3.31. The Hall–Kier alpha value is -0.970. The SMILES string of the molecule is CNCC1CN(C)CC(C)N1Cc1cccnc1. The number of pyridine rings is 1. The van der Waals surface area contributed by atoms with Gasteiger partial charge in [-0.2, -0.15) is 0 Å². The molecule has 0 amide bonds. The van der Waals surface area contributed by atoms with E-state index in [0.717, 1.165) is 26.2 Å². The largest absolute Gasteiger partial charge is 0.318 e. The lowest BCUT2D eigenvalue weighted by Gasteiger charge is -2.44. The van der Waals surface area contributed by atoms with Crippen LogP contribution in [0.25, 0.3) is 0 Å². The zero-order valence-corrected chi connectivity index (χ0v) is 11.6. The Balaban J connectivity index is 2.07. The molecule has 100 valence electrons. The standard InChI is InChI=1S/C14H24N4/c1-12-9-17(3)11-14(8-15-2)18(12)10-13-5-4-6-16-7-13/h4-7,12,14-15H,8-11H2,1-3H3. The Kier molecular flexibility index (Phi) is 4.69. The van der Waals surface area contributed by atoms with Crippen molar-refractivity contribution < 1.29 is 0 Å². The van der Waals surface area contributed by atoms with Crippen molar-refractivity contribution in [1.82, 2.24) is 20.1 Å². The first-order valence-electron chi connectivity index (χ1n) is 6.68. The fourth-order valence-corrected chi connectivity index (χ4v) is 2.86. The lowest BCUT2D eigenvalue weighted by Crippen LogP contribution is -2.58. The van der Waals surface area contributed by atoms with Gasteiger partial charge in [0, 0.05) is 50.7 Å². The first kappa shape index (κ1) is 13.5. The minimum absolute atomic E-state index is 0.573. The van der Waals surface area contributed by atoms with E-state index in [1.807, 2.05) is 25.5 Å². The summed E-state index contributed by atoms with van der Waals surface area (Å²) in [5.41, 5.74) is 1.30. The molecule has 1 aromatic rings. The van der Waals surface area contributed by atoms with Gasteiger partial charge in [-0.05, 0) is 32.6 Å². The lowest BCUT2D eigenvalue weighted by atomic mass is 10.1. The molecule has 2 rings (SSSR count). The van der Waals surface area contributed by atoms with Crippen LogP contribution in [0.1, 0.15) is 12.5 Å². The maximum atomic E-state index is 4.21. The molecule has 1 N–H and O–H groups in total. The monoisotopic (exact) mass is 248 g/mol. The van der Waals surface area contributed by atoms with Gasteiger partial charge < -0.3 is 10.2 Å². The molecule has 1 fully saturated rings. The molecule has 1 aliphatic heterocycles. The number of likely N-dealkylation sites (N-methyl/N-ethyl adjacent to an activating group) is 2. The summed E-state index contributed by atoms with van der Waals surface area (Å²) < 4.78 is 0. The lowest BCUT2D eigenvalue weighted by molar-refractivity contribution is 0.0378. The number of hydrogen-bond donors (Lipinski definition) is 1. The first-order chi connectivity index (χ1) is 8.70. The van der Waals surface area contributed by atoms with Gasteiger partial charge in [-0.25, -0.2) is 0 Å². The highest BCUT2D eigenvalue weighted by Gasteiger charge is 2.29.